The van der Waals surface area contributed by atoms with Crippen molar-refractivity contribution in [3.8, 4) is 17.2 Å². The van der Waals surface area contributed by atoms with E-state index < -0.39 is 10.0 Å². The van der Waals surface area contributed by atoms with Crippen LogP contribution in [0.25, 0.3) is 16.5 Å². The number of ether oxygens (including phenoxy) is 3. The van der Waals surface area contributed by atoms with Gasteiger partial charge in [-0.2, -0.15) is 0 Å². The largest absolute Gasteiger partial charge is 0.496 e. The minimum absolute atomic E-state index is 0.0158. The molecule has 3 aromatic rings. The summed E-state index contributed by atoms with van der Waals surface area (Å²) >= 11 is 0. The molecule has 162 valence electrons. The van der Waals surface area contributed by atoms with Crippen molar-refractivity contribution >= 4 is 32.4 Å². The summed E-state index contributed by atoms with van der Waals surface area (Å²) in [5, 5.41) is 4.43. The van der Waals surface area contributed by atoms with Crippen LogP contribution in [0.5, 0.6) is 17.2 Å². The lowest BCUT2D eigenvalue weighted by Crippen LogP contribution is -2.15. The molecule has 0 radical (unpaired) electrons. The monoisotopic (exact) mass is 442 g/mol. The Hall–Kier alpha value is -3.46. The standard InChI is InChI=1S/C22H22N2O6S/c1-27-16-13-12-15(14-8-5-4-6-9-14)20-19(16)22(23-30-20)24-31(25,26)21-17(28-2)10-7-11-18(21)29-3/h5,7-13H,4,6H2,1-3H3,(H,23,24). The fourth-order valence-corrected chi connectivity index (χ4v) is 4.89. The fraction of sp³-hybridized carbons (Fsp3) is 0.227. The molecule has 4 rings (SSSR count). The smallest absolute Gasteiger partial charge is 0.270 e. The van der Waals surface area contributed by atoms with Gasteiger partial charge in [0, 0.05) is 5.56 Å². The van der Waals surface area contributed by atoms with Crippen molar-refractivity contribution in [3.63, 3.8) is 0 Å². The van der Waals surface area contributed by atoms with E-state index in [4.69, 9.17) is 18.7 Å². The van der Waals surface area contributed by atoms with Gasteiger partial charge in [-0.3, -0.25) is 4.72 Å². The summed E-state index contributed by atoms with van der Waals surface area (Å²) in [6, 6.07) is 8.36. The number of allylic oxidation sites excluding steroid dienone is 4. The number of methoxy groups -OCH3 is 3. The zero-order valence-corrected chi connectivity index (χ0v) is 18.2. The molecular formula is C22H22N2O6S. The minimum Gasteiger partial charge on any atom is -0.496 e. The van der Waals surface area contributed by atoms with Crippen molar-refractivity contribution in [3.05, 3.63) is 54.1 Å². The van der Waals surface area contributed by atoms with Crippen molar-refractivity contribution in [2.45, 2.75) is 17.7 Å². The van der Waals surface area contributed by atoms with Crippen LogP contribution in [-0.2, 0) is 10.0 Å². The summed E-state index contributed by atoms with van der Waals surface area (Å²) in [6.07, 6.45) is 8.09. The molecule has 0 bridgehead atoms. The number of nitrogens with one attached hydrogen (secondary N) is 1. The normalized spacial score (nSPS) is 13.7. The highest BCUT2D eigenvalue weighted by Crippen LogP contribution is 2.40. The van der Waals surface area contributed by atoms with Gasteiger partial charge in [0.2, 0.25) is 0 Å². The van der Waals surface area contributed by atoms with E-state index in [1.165, 1.54) is 21.3 Å². The molecule has 0 spiro atoms. The highest BCUT2D eigenvalue weighted by molar-refractivity contribution is 7.93. The molecule has 1 aromatic heterocycles. The Morgan fingerprint density at radius 1 is 0.968 bits per heavy atom. The Morgan fingerprint density at radius 2 is 1.68 bits per heavy atom. The van der Waals surface area contributed by atoms with Gasteiger partial charge in [0.25, 0.3) is 10.0 Å². The molecule has 0 unspecified atom stereocenters. The number of hydrogen-bond acceptors (Lipinski definition) is 7. The Kier molecular flexibility index (Phi) is 5.60. The lowest BCUT2D eigenvalue weighted by molar-refractivity contribution is 0.373. The predicted molar refractivity (Wildman–Crippen MR) is 117 cm³/mol. The Labute approximate surface area is 180 Å². The number of rotatable bonds is 7. The summed E-state index contributed by atoms with van der Waals surface area (Å²) in [5.74, 6) is 0.738. The van der Waals surface area contributed by atoms with Crippen molar-refractivity contribution in [1.29, 1.82) is 0 Å². The van der Waals surface area contributed by atoms with E-state index in [9.17, 15) is 8.42 Å². The van der Waals surface area contributed by atoms with Crippen molar-refractivity contribution in [2.24, 2.45) is 0 Å². The van der Waals surface area contributed by atoms with Crippen LogP contribution in [0.1, 0.15) is 18.4 Å². The van der Waals surface area contributed by atoms with E-state index in [1.54, 1.807) is 24.3 Å². The fourth-order valence-electron chi connectivity index (χ4n) is 3.56. The average Bonchev–Trinajstić information content (AvgIpc) is 3.21. The quantitative estimate of drug-likeness (QED) is 0.579. The molecule has 0 fully saturated rings. The van der Waals surface area contributed by atoms with Gasteiger partial charge in [0.15, 0.2) is 16.3 Å². The van der Waals surface area contributed by atoms with Crippen LogP contribution in [0, 0.1) is 0 Å². The molecule has 1 aliphatic carbocycles. The Bertz CT molecular complexity index is 1270. The van der Waals surface area contributed by atoms with E-state index in [0.29, 0.717) is 16.7 Å². The van der Waals surface area contributed by atoms with Crippen LogP contribution in [0.2, 0.25) is 0 Å². The van der Waals surface area contributed by atoms with Crippen LogP contribution in [0.15, 0.2) is 58.0 Å². The Morgan fingerprint density at radius 3 is 2.29 bits per heavy atom. The summed E-state index contributed by atoms with van der Waals surface area (Å²) in [7, 11) is 0.151. The molecule has 0 saturated heterocycles. The van der Waals surface area contributed by atoms with Gasteiger partial charge in [-0.25, -0.2) is 8.42 Å². The maximum absolute atomic E-state index is 13.3. The highest BCUT2D eigenvalue weighted by atomic mass is 32.2. The lowest BCUT2D eigenvalue weighted by Gasteiger charge is -2.14. The molecule has 0 saturated carbocycles. The van der Waals surface area contributed by atoms with Crippen LogP contribution >= 0.6 is 0 Å². The van der Waals surface area contributed by atoms with Crippen LogP contribution in [0.4, 0.5) is 5.82 Å². The maximum Gasteiger partial charge on any atom is 0.270 e. The Balaban J connectivity index is 1.85. The average molecular weight is 442 g/mol. The molecule has 9 heteroatoms. The minimum atomic E-state index is -4.13. The molecule has 31 heavy (non-hydrogen) atoms. The van der Waals surface area contributed by atoms with Gasteiger partial charge in [-0.05, 0) is 42.7 Å². The number of benzene rings is 2. The zero-order valence-electron chi connectivity index (χ0n) is 17.3. The predicted octanol–water partition coefficient (Wildman–Crippen LogP) is 4.39. The van der Waals surface area contributed by atoms with Gasteiger partial charge < -0.3 is 18.7 Å². The number of nitrogens with zero attached hydrogens (tertiary/aromatic N) is 1. The highest BCUT2D eigenvalue weighted by Gasteiger charge is 2.28. The number of sulfonamides is 1. The van der Waals surface area contributed by atoms with Gasteiger partial charge in [0.1, 0.15) is 22.6 Å². The molecule has 0 atom stereocenters. The number of fused-ring (bicyclic) bond motifs is 1. The number of aromatic nitrogens is 1. The van der Waals surface area contributed by atoms with Crippen LogP contribution in [-0.4, -0.2) is 34.9 Å². The SMILES string of the molecule is COc1cccc(OC)c1S(=O)(=O)Nc1noc2c(C3=CCCC=C3)ccc(OC)c12. The second-order valence-corrected chi connectivity index (χ2v) is 8.41. The molecule has 1 N–H and O–H groups in total. The van der Waals surface area contributed by atoms with Gasteiger partial charge in [0.05, 0.1) is 21.3 Å². The zero-order chi connectivity index (χ0) is 22.0. The third-order valence-electron chi connectivity index (χ3n) is 4.99. The first-order valence-corrected chi connectivity index (χ1v) is 11.1. The summed E-state index contributed by atoms with van der Waals surface area (Å²) in [5.41, 5.74) is 2.22. The second kappa shape index (κ2) is 8.35. The number of hydrogen-bond donors (Lipinski definition) is 1. The molecule has 1 heterocycles. The van der Waals surface area contributed by atoms with E-state index in [0.717, 1.165) is 24.0 Å². The number of anilines is 1. The third-order valence-corrected chi connectivity index (χ3v) is 6.39. The molecule has 0 amide bonds. The first-order valence-electron chi connectivity index (χ1n) is 9.57. The molecule has 2 aromatic carbocycles. The van der Waals surface area contributed by atoms with Gasteiger partial charge >= 0.3 is 0 Å². The van der Waals surface area contributed by atoms with Crippen molar-refractivity contribution < 1.29 is 27.2 Å². The second-order valence-electron chi connectivity index (χ2n) is 6.79. The summed E-state index contributed by atoms with van der Waals surface area (Å²) in [6.45, 7) is 0. The van der Waals surface area contributed by atoms with E-state index >= 15 is 0 Å². The van der Waals surface area contributed by atoms with Crippen molar-refractivity contribution in [1.82, 2.24) is 5.16 Å². The van der Waals surface area contributed by atoms with E-state index in [2.05, 4.69) is 22.0 Å². The van der Waals surface area contributed by atoms with Crippen LogP contribution in [0.3, 0.4) is 0 Å². The lowest BCUT2D eigenvalue weighted by atomic mass is 9.98. The van der Waals surface area contributed by atoms with Gasteiger partial charge in [-0.15, -0.1) is 0 Å². The molecule has 8 nitrogen and oxygen atoms in total. The summed E-state index contributed by atoms with van der Waals surface area (Å²) < 4.78 is 50.6. The van der Waals surface area contributed by atoms with Crippen molar-refractivity contribution in [2.75, 3.05) is 26.1 Å². The van der Waals surface area contributed by atoms with E-state index in [1.807, 2.05) is 12.1 Å². The summed E-state index contributed by atoms with van der Waals surface area (Å²) in [4.78, 5) is -0.135. The third kappa shape index (κ3) is 3.72. The first kappa shape index (κ1) is 20.8. The van der Waals surface area contributed by atoms with E-state index in [-0.39, 0.29) is 22.2 Å². The van der Waals surface area contributed by atoms with Crippen LogP contribution < -0.4 is 18.9 Å². The topological polar surface area (TPSA) is 99.9 Å². The molecular weight excluding hydrogens is 420 g/mol. The molecule has 1 aliphatic rings. The van der Waals surface area contributed by atoms with Gasteiger partial charge in [-0.1, -0.05) is 29.5 Å². The first-order chi connectivity index (χ1) is 15.0. The maximum atomic E-state index is 13.3. The molecule has 0 aliphatic heterocycles.